The maximum absolute atomic E-state index is 12.7. The molecule has 2 heterocycles. The predicted molar refractivity (Wildman–Crippen MR) is 123 cm³/mol. The van der Waals surface area contributed by atoms with Gasteiger partial charge in [0.05, 0.1) is 19.9 Å². The molecule has 3 aromatic rings. The van der Waals surface area contributed by atoms with Crippen LogP contribution < -0.4 is 14.8 Å². The summed E-state index contributed by atoms with van der Waals surface area (Å²) in [7, 11) is 1.21. The molecule has 13 heteroatoms. The highest BCUT2D eigenvalue weighted by Gasteiger charge is 2.34. The number of carbonyl (C=O) groups excluding carboxylic acids is 2. The summed E-state index contributed by atoms with van der Waals surface area (Å²) in [6.45, 7) is 1.83. The van der Waals surface area contributed by atoms with Gasteiger partial charge in [-0.25, -0.2) is 4.79 Å². The van der Waals surface area contributed by atoms with Crippen LogP contribution in [-0.2, 0) is 11.3 Å². The number of nitrogens with zero attached hydrogens (tertiary/aromatic N) is 3. The molecule has 0 saturated heterocycles. The van der Waals surface area contributed by atoms with Gasteiger partial charge >= 0.3 is 12.5 Å². The predicted octanol–water partition coefficient (Wildman–Crippen LogP) is 4.97. The van der Waals surface area contributed by atoms with E-state index >= 15 is 0 Å². The molecule has 1 unspecified atom stereocenters. The van der Waals surface area contributed by atoms with Gasteiger partial charge in [-0.05, 0) is 42.3 Å². The summed E-state index contributed by atoms with van der Waals surface area (Å²) < 4.78 is 57.5. The molecule has 0 saturated carbocycles. The number of ether oxygens (including phenoxy) is 3. The van der Waals surface area contributed by atoms with Gasteiger partial charge in [-0.2, -0.15) is 10.1 Å². The number of aromatic nitrogens is 1. The first-order valence-electron chi connectivity index (χ1n) is 11.0. The molecule has 1 N–H and O–H groups in total. The normalized spacial score (nSPS) is 15.6. The third-order valence-electron chi connectivity index (χ3n) is 5.25. The SMILES string of the molecule is CCC1OC(=O)N(Cc2ccc(NC(=O)c3ccno3)cc2)N=C1c1ccc(OC(F)(F)F)c(OC)c1. The number of carbonyl (C=O) groups is 2. The number of anilines is 1. The average molecular weight is 518 g/mol. The molecule has 1 atom stereocenters. The van der Waals surface area contributed by atoms with Crippen LogP contribution in [0.15, 0.2) is 64.4 Å². The average Bonchev–Trinajstić information content (AvgIpc) is 3.41. The van der Waals surface area contributed by atoms with E-state index in [4.69, 9.17) is 14.0 Å². The second kappa shape index (κ2) is 10.6. The van der Waals surface area contributed by atoms with E-state index in [-0.39, 0.29) is 18.1 Å². The van der Waals surface area contributed by atoms with Crippen molar-refractivity contribution >= 4 is 23.4 Å². The summed E-state index contributed by atoms with van der Waals surface area (Å²) in [6, 6.07) is 11.9. The number of hydrazone groups is 1. The molecule has 2 amide bonds. The Morgan fingerprint density at radius 1 is 1.14 bits per heavy atom. The molecular formula is C24H21F3N4O6. The zero-order valence-electron chi connectivity index (χ0n) is 19.6. The number of hydrogen-bond donors (Lipinski definition) is 1. The first kappa shape index (κ1) is 25.5. The van der Waals surface area contributed by atoms with Gasteiger partial charge in [0.1, 0.15) is 11.8 Å². The third-order valence-corrected chi connectivity index (χ3v) is 5.25. The van der Waals surface area contributed by atoms with E-state index in [1.807, 2.05) is 0 Å². The third kappa shape index (κ3) is 6.18. The Balaban J connectivity index is 1.53. The highest BCUT2D eigenvalue weighted by atomic mass is 19.4. The van der Waals surface area contributed by atoms with Gasteiger partial charge in [0.25, 0.3) is 5.91 Å². The van der Waals surface area contributed by atoms with E-state index in [2.05, 4.69) is 20.3 Å². The van der Waals surface area contributed by atoms with Crippen LogP contribution in [0.2, 0.25) is 0 Å². The van der Waals surface area contributed by atoms with Gasteiger partial charge in [0.15, 0.2) is 11.5 Å². The molecular weight excluding hydrogens is 497 g/mol. The fraction of sp³-hybridized carbons (Fsp3) is 0.250. The summed E-state index contributed by atoms with van der Waals surface area (Å²) in [4.78, 5) is 24.7. The molecule has 1 aliphatic heterocycles. The molecule has 37 heavy (non-hydrogen) atoms. The van der Waals surface area contributed by atoms with Crippen LogP contribution in [0, 0.1) is 0 Å². The van der Waals surface area contributed by atoms with Gasteiger partial charge in [-0.3, -0.25) is 4.79 Å². The smallest absolute Gasteiger partial charge is 0.493 e. The molecule has 1 aromatic heterocycles. The molecule has 0 bridgehead atoms. The fourth-order valence-corrected chi connectivity index (χ4v) is 3.52. The van der Waals surface area contributed by atoms with E-state index in [1.54, 1.807) is 31.2 Å². The minimum absolute atomic E-state index is 0.0432. The van der Waals surface area contributed by atoms with Crippen molar-refractivity contribution in [3.63, 3.8) is 0 Å². The number of halogens is 3. The maximum atomic E-state index is 12.7. The lowest BCUT2D eigenvalue weighted by atomic mass is 10.0. The van der Waals surface area contributed by atoms with Crippen molar-refractivity contribution in [3.8, 4) is 11.5 Å². The van der Waals surface area contributed by atoms with E-state index in [1.165, 1.54) is 31.5 Å². The van der Waals surface area contributed by atoms with Gasteiger partial charge < -0.3 is 24.1 Å². The minimum atomic E-state index is -4.89. The fourth-order valence-electron chi connectivity index (χ4n) is 3.52. The summed E-state index contributed by atoms with van der Waals surface area (Å²) in [5, 5.41) is 11.7. The number of nitrogens with one attached hydrogen (secondary N) is 1. The van der Waals surface area contributed by atoms with Crippen LogP contribution in [0.1, 0.15) is 35.0 Å². The topological polar surface area (TPSA) is 115 Å². The molecule has 2 aromatic carbocycles. The Kier molecular flexibility index (Phi) is 7.32. The highest BCUT2D eigenvalue weighted by Crippen LogP contribution is 2.34. The van der Waals surface area contributed by atoms with Gasteiger partial charge in [-0.1, -0.05) is 24.2 Å². The van der Waals surface area contributed by atoms with Gasteiger partial charge in [0.2, 0.25) is 5.76 Å². The number of benzene rings is 2. The van der Waals surface area contributed by atoms with Gasteiger partial charge in [-0.15, -0.1) is 13.2 Å². The van der Waals surface area contributed by atoms with E-state index in [0.29, 0.717) is 28.9 Å². The molecule has 0 spiro atoms. The zero-order valence-corrected chi connectivity index (χ0v) is 19.6. The Hall–Kier alpha value is -4.55. The Labute approximate surface area is 208 Å². The molecule has 4 rings (SSSR count). The highest BCUT2D eigenvalue weighted by molar-refractivity contribution is 6.06. The molecule has 0 radical (unpaired) electrons. The van der Waals surface area contributed by atoms with Crippen LogP contribution in [0.3, 0.4) is 0 Å². The largest absolute Gasteiger partial charge is 0.573 e. The summed E-state index contributed by atoms with van der Waals surface area (Å²) in [5.74, 6) is -1.07. The lowest BCUT2D eigenvalue weighted by molar-refractivity contribution is -0.275. The Morgan fingerprint density at radius 2 is 1.89 bits per heavy atom. The number of cyclic esters (lactones) is 1. The molecule has 194 valence electrons. The van der Waals surface area contributed by atoms with E-state index in [0.717, 1.165) is 11.1 Å². The van der Waals surface area contributed by atoms with E-state index in [9.17, 15) is 22.8 Å². The maximum Gasteiger partial charge on any atom is 0.573 e. The van der Waals surface area contributed by atoms with Crippen LogP contribution in [0.5, 0.6) is 11.5 Å². The number of alkyl halides is 3. The summed E-state index contributed by atoms with van der Waals surface area (Å²) in [6.07, 6.45) is -4.53. The quantitative estimate of drug-likeness (QED) is 0.448. The summed E-state index contributed by atoms with van der Waals surface area (Å²) in [5.41, 5.74) is 1.92. The standard InChI is InChI=1S/C24H21F3N4O6/c1-3-17-21(15-6-9-18(20(12-15)34-2)36-24(25,26)27)30-31(23(33)35-17)13-14-4-7-16(8-5-14)29-22(32)19-10-11-28-37-19/h4-12,17H,3,13H2,1-2H3,(H,29,32). The monoisotopic (exact) mass is 518 g/mol. The first-order valence-corrected chi connectivity index (χ1v) is 11.0. The van der Waals surface area contributed by atoms with Crippen LogP contribution in [-0.4, -0.2) is 47.5 Å². The second-order valence-electron chi connectivity index (χ2n) is 7.76. The van der Waals surface area contributed by atoms with Crippen molar-refractivity contribution in [1.29, 1.82) is 0 Å². The molecule has 0 fully saturated rings. The number of rotatable bonds is 8. The van der Waals surface area contributed by atoms with Crippen LogP contribution in [0.25, 0.3) is 0 Å². The molecule has 10 nitrogen and oxygen atoms in total. The molecule has 1 aliphatic rings. The lowest BCUT2D eigenvalue weighted by Gasteiger charge is -2.29. The van der Waals surface area contributed by atoms with Crippen LogP contribution in [0.4, 0.5) is 23.7 Å². The Morgan fingerprint density at radius 3 is 2.51 bits per heavy atom. The first-order chi connectivity index (χ1) is 17.7. The number of hydrogen-bond acceptors (Lipinski definition) is 8. The lowest BCUT2D eigenvalue weighted by Crippen LogP contribution is -2.41. The summed E-state index contributed by atoms with van der Waals surface area (Å²) >= 11 is 0. The van der Waals surface area contributed by atoms with Crippen molar-refractivity contribution in [1.82, 2.24) is 10.2 Å². The van der Waals surface area contributed by atoms with Crippen molar-refractivity contribution in [2.45, 2.75) is 32.4 Å². The van der Waals surface area contributed by atoms with Crippen molar-refractivity contribution < 1.29 is 41.5 Å². The molecule has 0 aliphatic carbocycles. The minimum Gasteiger partial charge on any atom is -0.493 e. The Bertz CT molecular complexity index is 1290. The van der Waals surface area contributed by atoms with Crippen molar-refractivity contribution in [2.75, 3.05) is 12.4 Å². The van der Waals surface area contributed by atoms with E-state index < -0.39 is 30.2 Å². The zero-order chi connectivity index (χ0) is 26.6. The van der Waals surface area contributed by atoms with Crippen LogP contribution >= 0.6 is 0 Å². The van der Waals surface area contributed by atoms with Gasteiger partial charge in [0, 0.05) is 17.3 Å². The number of methoxy groups -OCH3 is 1. The van der Waals surface area contributed by atoms with Crippen molar-refractivity contribution in [2.24, 2.45) is 5.10 Å². The number of amides is 2. The second-order valence-corrected chi connectivity index (χ2v) is 7.76. The van der Waals surface area contributed by atoms with Crippen molar-refractivity contribution in [3.05, 3.63) is 71.6 Å².